The lowest BCUT2D eigenvalue weighted by Crippen LogP contribution is -2.43. The lowest BCUT2D eigenvalue weighted by atomic mass is 9.80. The van der Waals surface area contributed by atoms with Gasteiger partial charge in [0.15, 0.2) is 0 Å². The molecule has 2 atom stereocenters. The molecule has 2 unspecified atom stereocenters. The first kappa shape index (κ1) is 16.5. The van der Waals surface area contributed by atoms with Crippen LogP contribution in [0.3, 0.4) is 0 Å². The molecule has 2 rings (SSSR count). The summed E-state index contributed by atoms with van der Waals surface area (Å²) in [5, 5.41) is 18.3. The molecule has 1 aromatic rings. The number of likely N-dealkylation sites (tertiary alicyclic amines) is 1. The maximum Gasteiger partial charge on any atom is 0.419 e. The fourth-order valence-electron chi connectivity index (χ4n) is 2.82. The molecule has 8 heteroatoms. The maximum atomic E-state index is 13.3. The molecule has 4 nitrogen and oxygen atoms in total. The van der Waals surface area contributed by atoms with Crippen LogP contribution in [0.1, 0.15) is 23.5 Å². The van der Waals surface area contributed by atoms with Crippen LogP contribution in [0.2, 0.25) is 0 Å². The number of hydrogen-bond acceptors (Lipinski definition) is 2. The molecule has 0 aromatic heterocycles. The highest BCUT2D eigenvalue weighted by atomic mass is 19.4. The molecule has 0 bridgehead atoms. The van der Waals surface area contributed by atoms with E-state index in [1.54, 1.807) is 0 Å². The standard InChI is InChI=1S/C14H15F4NO3/c15-12-2-1-8(5-11(12)14(16,17)18)10-3-4-19(13(21)22)6-9(10)7-20/h1-2,5,9-10,20H,3-4,6-7H2,(H,21,22). The van der Waals surface area contributed by atoms with Crippen molar-refractivity contribution < 1.29 is 32.6 Å². The Bertz CT molecular complexity index is 562. The molecule has 0 aliphatic carbocycles. The van der Waals surface area contributed by atoms with Crippen LogP contribution in [-0.2, 0) is 6.18 Å². The van der Waals surface area contributed by atoms with Crippen molar-refractivity contribution in [2.75, 3.05) is 19.7 Å². The lowest BCUT2D eigenvalue weighted by molar-refractivity contribution is -0.140. The molecular formula is C14H15F4NO3. The SMILES string of the molecule is O=C(O)N1CCC(c2ccc(F)c(C(F)(F)F)c2)C(CO)C1. The largest absolute Gasteiger partial charge is 0.465 e. The zero-order valence-electron chi connectivity index (χ0n) is 11.5. The minimum Gasteiger partial charge on any atom is -0.465 e. The third-order valence-corrected chi connectivity index (χ3v) is 3.96. The Morgan fingerprint density at radius 2 is 2.05 bits per heavy atom. The summed E-state index contributed by atoms with van der Waals surface area (Å²) in [5.41, 5.74) is -1.08. The maximum absolute atomic E-state index is 13.3. The smallest absolute Gasteiger partial charge is 0.419 e. The number of aliphatic hydroxyl groups excluding tert-OH is 1. The van der Waals surface area contributed by atoms with Gasteiger partial charge in [0.1, 0.15) is 5.82 Å². The summed E-state index contributed by atoms with van der Waals surface area (Å²) in [6.07, 6.45) is -5.65. The van der Waals surface area contributed by atoms with E-state index in [0.29, 0.717) is 0 Å². The fraction of sp³-hybridized carbons (Fsp3) is 0.500. The molecule has 1 aliphatic rings. The van der Waals surface area contributed by atoms with Crippen molar-refractivity contribution in [3.05, 3.63) is 35.1 Å². The van der Waals surface area contributed by atoms with Crippen LogP contribution < -0.4 is 0 Å². The van der Waals surface area contributed by atoms with Gasteiger partial charge in [-0.3, -0.25) is 0 Å². The highest BCUT2D eigenvalue weighted by Crippen LogP contribution is 2.37. The average Bonchev–Trinajstić information content (AvgIpc) is 2.45. The molecule has 1 aliphatic heterocycles. The predicted molar refractivity (Wildman–Crippen MR) is 68.9 cm³/mol. The summed E-state index contributed by atoms with van der Waals surface area (Å²) < 4.78 is 51.6. The summed E-state index contributed by atoms with van der Waals surface area (Å²) in [4.78, 5) is 12.1. The molecule has 1 fully saturated rings. The molecular weight excluding hydrogens is 306 g/mol. The first-order chi connectivity index (χ1) is 10.2. The molecule has 1 aromatic carbocycles. The third kappa shape index (κ3) is 3.32. The molecule has 2 N–H and O–H groups in total. The van der Waals surface area contributed by atoms with E-state index in [2.05, 4.69) is 0 Å². The molecule has 0 saturated carbocycles. The van der Waals surface area contributed by atoms with Gasteiger partial charge < -0.3 is 15.1 Å². The third-order valence-electron chi connectivity index (χ3n) is 3.96. The molecule has 1 heterocycles. The Hall–Kier alpha value is -1.83. The zero-order valence-corrected chi connectivity index (χ0v) is 11.5. The number of nitrogens with zero attached hydrogens (tertiary/aromatic N) is 1. The Kier molecular flexibility index (Phi) is 4.60. The first-order valence-corrected chi connectivity index (χ1v) is 6.69. The van der Waals surface area contributed by atoms with Gasteiger partial charge >= 0.3 is 12.3 Å². The number of hydrogen-bond donors (Lipinski definition) is 2. The Morgan fingerprint density at radius 1 is 1.36 bits per heavy atom. The van der Waals surface area contributed by atoms with Crippen molar-refractivity contribution in [3.8, 4) is 0 Å². The van der Waals surface area contributed by atoms with Crippen LogP contribution >= 0.6 is 0 Å². The lowest BCUT2D eigenvalue weighted by Gasteiger charge is -2.36. The van der Waals surface area contributed by atoms with E-state index >= 15 is 0 Å². The number of piperidine rings is 1. The monoisotopic (exact) mass is 321 g/mol. The van der Waals surface area contributed by atoms with Crippen LogP contribution in [0.5, 0.6) is 0 Å². The van der Waals surface area contributed by atoms with Crippen molar-refractivity contribution in [1.82, 2.24) is 4.90 Å². The van der Waals surface area contributed by atoms with Gasteiger partial charge in [-0.05, 0) is 30.0 Å². The van der Waals surface area contributed by atoms with E-state index in [4.69, 9.17) is 5.11 Å². The van der Waals surface area contributed by atoms with Gasteiger partial charge in [-0.25, -0.2) is 9.18 Å². The average molecular weight is 321 g/mol. The van der Waals surface area contributed by atoms with Crippen LogP contribution in [0, 0.1) is 11.7 Å². The topological polar surface area (TPSA) is 60.8 Å². The van der Waals surface area contributed by atoms with Gasteiger partial charge in [-0.1, -0.05) is 6.07 Å². The highest BCUT2D eigenvalue weighted by molar-refractivity contribution is 5.65. The van der Waals surface area contributed by atoms with Crippen molar-refractivity contribution in [2.24, 2.45) is 5.92 Å². The van der Waals surface area contributed by atoms with Gasteiger partial charge in [0, 0.05) is 25.6 Å². The Labute approximate surface area is 124 Å². The van der Waals surface area contributed by atoms with Crippen molar-refractivity contribution >= 4 is 6.09 Å². The summed E-state index contributed by atoms with van der Waals surface area (Å²) in [7, 11) is 0. The van der Waals surface area contributed by atoms with Gasteiger partial charge in [-0.15, -0.1) is 0 Å². The predicted octanol–water partition coefficient (Wildman–Crippen LogP) is 2.92. The Balaban J connectivity index is 2.29. The van der Waals surface area contributed by atoms with Crippen molar-refractivity contribution in [1.29, 1.82) is 0 Å². The Morgan fingerprint density at radius 3 is 2.59 bits per heavy atom. The molecule has 1 saturated heterocycles. The summed E-state index contributed by atoms with van der Waals surface area (Å²) in [6, 6.07) is 2.77. The van der Waals surface area contributed by atoms with Crippen molar-refractivity contribution in [2.45, 2.75) is 18.5 Å². The van der Waals surface area contributed by atoms with E-state index in [0.717, 1.165) is 17.0 Å². The van der Waals surface area contributed by atoms with Crippen LogP contribution in [0.4, 0.5) is 22.4 Å². The van der Waals surface area contributed by atoms with E-state index in [-0.39, 0.29) is 31.7 Å². The summed E-state index contributed by atoms with van der Waals surface area (Å²) >= 11 is 0. The number of halogens is 4. The number of rotatable bonds is 2. The van der Waals surface area contributed by atoms with Gasteiger partial charge in [0.2, 0.25) is 0 Å². The van der Waals surface area contributed by atoms with Crippen molar-refractivity contribution in [3.63, 3.8) is 0 Å². The van der Waals surface area contributed by atoms with Gasteiger partial charge in [-0.2, -0.15) is 13.2 Å². The number of carboxylic acid groups (broad SMARTS) is 1. The molecule has 1 amide bonds. The van der Waals surface area contributed by atoms with E-state index in [1.165, 1.54) is 6.07 Å². The number of aliphatic hydroxyl groups is 1. The molecule has 0 spiro atoms. The fourth-order valence-corrected chi connectivity index (χ4v) is 2.82. The summed E-state index contributed by atoms with van der Waals surface area (Å²) in [5.74, 6) is -2.31. The molecule has 0 radical (unpaired) electrons. The molecule has 22 heavy (non-hydrogen) atoms. The number of benzene rings is 1. The normalized spacial score (nSPS) is 22.7. The van der Waals surface area contributed by atoms with Gasteiger partial charge in [0.25, 0.3) is 0 Å². The van der Waals surface area contributed by atoms with E-state index in [1.807, 2.05) is 0 Å². The van der Waals surface area contributed by atoms with Gasteiger partial charge in [0.05, 0.1) is 5.56 Å². The minimum absolute atomic E-state index is 0.0369. The quantitative estimate of drug-likeness (QED) is 0.824. The second-order valence-corrected chi connectivity index (χ2v) is 5.30. The molecule has 122 valence electrons. The van der Waals surface area contributed by atoms with Crippen LogP contribution in [-0.4, -0.2) is 40.9 Å². The first-order valence-electron chi connectivity index (χ1n) is 6.69. The summed E-state index contributed by atoms with van der Waals surface area (Å²) in [6.45, 7) is -0.155. The second kappa shape index (κ2) is 6.12. The number of alkyl halides is 3. The highest BCUT2D eigenvalue weighted by Gasteiger charge is 2.37. The van der Waals surface area contributed by atoms with E-state index in [9.17, 15) is 27.5 Å². The minimum atomic E-state index is -4.80. The zero-order chi connectivity index (χ0) is 16.5. The number of amides is 1. The van der Waals surface area contributed by atoms with Crippen LogP contribution in [0.25, 0.3) is 0 Å². The number of carbonyl (C=O) groups is 1. The van der Waals surface area contributed by atoms with Crippen LogP contribution in [0.15, 0.2) is 18.2 Å². The van der Waals surface area contributed by atoms with E-state index < -0.39 is 35.5 Å². The second-order valence-electron chi connectivity index (χ2n) is 5.30.